The fourth-order valence-corrected chi connectivity index (χ4v) is 2.93. The summed E-state index contributed by atoms with van der Waals surface area (Å²) in [6.07, 6.45) is 0. The molecule has 7 heteroatoms. The molecule has 28 heavy (non-hydrogen) atoms. The molecule has 1 heterocycles. The van der Waals surface area contributed by atoms with Crippen molar-refractivity contribution < 1.29 is 4.74 Å². The molecule has 0 saturated heterocycles. The molecule has 7 nitrogen and oxygen atoms in total. The van der Waals surface area contributed by atoms with Gasteiger partial charge in [0.1, 0.15) is 12.4 Å². The van der Waals surface area contributed by atoms with Gasteiger partial charge in [-0.1, -0.05) is 36.4 Å². The molecule has 3 aromatic rings. The van der Waals surface area contributed by atoms with Crippen molar-refractivity contribution in [3.63, 3.8) is 0 Å². The fourth-order valence-electron chi connectivity index (χ4n) is 2.93. The van der Waals surface area contributed by atoms with Crippen molar-refractivity contribution >= 4 is 16.7 Å². The molecule has 0 aliphatic heterocycles. The van der Waals surface area contributed by atoms with Crippen LogP contribution >= 0.6 is 0 Å². The van der Waals surface area contributed by atoms with Gasteiger partial charge in [-0.05, 0) is 36.2 Å². The quantitative estimate of drug-likeness (QED) is 0.374. The van der Waals surface area contributed by atoms with Gasteiger partial charge in [-0.2, -0.15) is 0 Å². The van der Waals surface area contributed by atoms with Gasteiger partial charge in [0.2, 0.25) is 0 Å². The minimum absolute atomic E-state index is 0.0969. The predicted octanol–water partition coefficient (Wildman–Crippen LogP) is 2.72. The number of rotatable bonds is 7. The maximum atomic E-state index is 5.14. The first kappa shape index (κ1) is 19.8. The van der Waals surface area contributed by atoms with Crippen molar-refractivity contribution in [2.45, 2.75) is 26.4 Å². The Labute approximate surface area is 165 Å². The molecule has 3 rings (SSSR count). The van der Waals surface area contributed by atoms with Gasteiger partial charge in [0, 0.05) is 20.7 Å². The highest BCUT2D eigenvalue weighted by Crippen LogP contribution is 2.20. The minimum atomic E-state index is 0.0969. The van der Waals surface area contributed by atoms with Crippen LogP contribution in [0.5, 0.6) is 0 Å². The van der Waals surface area contributed by atoms with E-state index in [9.17, 15) is 0 Å². The molecule has 0 spiro atoms. The number of aliphatic imine (C=N–C) groups is 1. The molecule has 1 aromatic heterocycles. The number of methoxy groups -OCH3 is 1. The van der Waals surface area contributed by atoms with Gasteiger partial charge in [0.05, 0.1) is 12.6 Å². The lowest BCUT2D eigenvalue weighted by Gasteiger charge is -2.19. The topological polar surface area (TPSA) is 76.4 Å². The van der Waals surface area contributed by atoms with E-state index in [4.69, 9.17) is 4.74 Å². The first-order chi connectivity index (χ1) is 13.6. The molecule has 2 aromatic carbocycles. The van der Waals surface area contributed by atoms with Crippen LogP contribution in [0.4, 0.5) is 0 Å². The van der Waals surface area contributed by atoms with E-state index < -0.39 is 0 Å². The molecule has 148 valence electrons. The van der Waals surface area contributed by atoms with Gasteiger partial charge in [-0.3, -0.25) is 0 Å². The van der Waals surface area contributed by atoms with Crippen LogP contribution < -0.4 is 10.6 Å². The maximum absolute atomic E-state index is 5.14. The SMILES string of the molecule is COCCNC(=NCc1nnc(C)n1C)NC(C)c1ccc2ccccc2c1. The van der Waals surface area contributed by atoms with Crippen molar-refractivity contribution in [2.24, 2.45) is 12.0 Å². The summed E-state index contributed by atoms with van der Waals surface area (Å²) in [5, 5.41) is 17.5. The summed E-state index contributed by atoms with van der Waals surface area (Å²) >= 11 is 0. The number of guanidine groups is 1. The normalized spacial score (nSPS) is 12.9. The molecule has 1 atom stereocenters. The number of nitrogens with zero attached hydrogens (tertiary/aromatic N) is 4. The highest BCUT2D eigenvalue weighted by atomic mass is 16.5. The van der Waals surface area contributed by atoms with Gasteiger partial charge < -0.3 is 19.9 Å². The van der Waals surface area contributed by atoms with E-state index in [0.717, 1.165) is 17.6 Å². The summed E-state index contributed by atoms with van der Waals surface area (Å²) in [6.45, 7) is 5.78. The zero-order valence-corrected chi connectivity index (χ0v) is 16.9. The Morgan fingerprint density at radius 3 is 2.68 bits per heavy atom. The van der Waals surface area contributed by atoms with Crippen LogP contribution in [-0.2, 0) is 18.3 Å². The fraction of sp³-hybridized carbons (Fsp3) is 0.381. The molecule has 1 unspecified atom stereocenters. The van der Waals surface area contributed by atoms with Crippen molar-refractivity contribution in [1.82, 2.24) is 25.4 Å². The van der Waals surface area contributed by atoms with E-state index >= 15 is 0 Å². The smallest absolute Gasteiger partial charge is 0.192 e. The Hall–Kier alpha value is -2.93. The zero-order valence-electron chi connectivity index (χ0n) is 16.9. The van der Waals surface area contributed by atoms with Gasteiger partial charge in [-0.25, -0.2) is 4.99 Å². The summed E-state index contributed by atoms with van der Waals surface area (Å²) in [5.41, 5.74) is 1.20. The van der Waals surface area contributed by atoms with Gasteiger partial charge in [0.25, 0.3) is 0 Å². The number of hydrogen-bond donors (Lipinski definition) is 2. The Bertz CT molecular complexity index is 949. The third-order valence-corrected chi connectivity index (χ3v) is 4.79. The van der Waals surface area contributed by atoms with Gasteiger partial charge in [0.15, 0.2) is 11.8 Å². The average Bonchev–Trinajstić information content (AvgIpc) is 3.03. The minimum Gasteiger partial charge on any atom is -0.383 e. The summed E-state index contributed by atoms with van der Waals surface area (Å²) < 4.78 is 7.09. The molecule has 0 saturated carbocycles. The highest BCUT2D eigenvalue weighted by Gasteiger charge is 2.10. The van der Waals surface area contributed by atoms with E-state index in [2.05, 4.69) is 75.2 Å². The number of aryl methyl sites for hydroxylation is 1. The van der Waals surface area contributed by atoms with Gasteiger partial charge in [-0.15, -0.1) is 10.2 Å². The number of aromatic nitrogens is 3. The van der Waals surface area contributed by atoms with Gasteiger partial charge >= 0.3 is 0 Å². The average molecular weight is 380 g/mol. The van der Waals surface area contributed by atoms with Crippen LogP contribution in [0.15, 0.2) is 47.5 Å². The Morgan fingerprint density at radius 1 is 1.18 bits per heavy atom. The van der Waals surface area contributed by atoms with Crippen LogP contribution in [-0.4, -0.2) is 41.0 Å². The lowest BCUT2D eigenvalue weighted by molar-refractivity contribution is 0.203. The summed E-state index contributed by atoms with van der Waals surface area (Å²) in [5.74, 6) is 2.42. The van der Waals surface area contributed by atoms with E-state index in [1.54, 1.807) is 7.11 Å². The standard InChI is InChI=1S/C21H28N6O/c1-15(18-10-9-17-7-5-6-8-19(17)13-18)24-21(22-11-12-28-4)23-14-20-26-25-16(2)27(20)3/h5-10,13,15H,11-12,14H2,1-4H3,(H2,22,23,24). The second kappa shape index (κ2) is 9.32. The third kappa shape index (κ3) is 4.86. The van der Waals surface area contributed by atoms with E-state index in [0.29, 0.717) is 19.7 Å². The second-order valence-corrected chi connectivity index (χ2v) is 6.78. The largest absolute Gasteiger partial charge is 0.383 e. The molecule has 0 fully saturated rings. The summed E-state index contributed by atoms with van der Waals surface area (Å²) in [4.78, 5) is 4.68. The monoisotopic (exact) mass is 380 g/mol. The molecular formula is C21H28N6O. The van der Waals surface area contributed by atoms with E-state index in [1.807, 2.05) is 18.5 Å². The van der Waals surface area contributed by atoms with Crippen molar-refractivity contribution in [1.29, 1.82) is 0 Å². The van der Waals surface area contributed by atoms with Crippen molar-refractivity contribution in [2.75, 3.05) is 20.3 Å². The molecular weight excluding hydrogens is 352 g/mol. The predicted molar refractivity (Wildman–Crippen MR) is 112 cm³/mol. The molecule has 0 radical (unpaired) electrons. The first-order valence-electron chi connectivity index (χ1n) is 9.46. The Kier molecular flexibility index (Phi) is 6.60. The van der Waals surface area contributed by atoms with Crippen LogP contribution in [0, 0.1) is 6.92 Å². The molecule has 0 aliphatic rings. The Balaban J connectivity index is 1.74. The lowest BCUT2D eigenvalue weighted by Crippen LogP contribution is -2.40. The summed E-state index contributed by atoms with van der Waals surface area (Å²) in [7, 11) is 3.63. The second-order valence-electron chi connectivity index (χ2n) is 6.78. The van der Waals surface area contributed by atoms with Crippen molar-refractivity contribution in [3.05, 3.63) is 59.7 Å². The number of hydrogen-bond acceptors (Lipinski definition) is 4. The number of ether oxygens (including phenoxy) is 1. The van der Waals surface area contributed by atoms with Crippen LogP contribution in [0.3, 0.4) is 0 Å². The molecule has 0 aliphatic carbocycles. The highest BCUT2D eigenvalue weighted by molar-refractivity contribution is 5.84. The maximum Gasteiger partial charge on any atom is 0.192 e. The number of fused-ring (bicyclic) bond motifs is 1. The molecule has 2 N–H and O–H groups in total. The molecule has 0 amide bonds. The number of nitrogens with one attached hydrogen (secondary N) is 2. The van der Waals surface area contributed by atoms with Crippen LogP contribution in [0.1, 0.15) is 30.2 Å². The Morgan fingerprint density at radius 2 is 1.96 bits per heavy atom. The lowest BCUT2D eigenvalue weighted by atomic mass is 10.0. The third-order valence-electron chi connectivity index (χ3n) is 4.79. The number of benzene rings is 2. The van der Waals surface area contributed by atoms with E-state index in [-0.39, 0.29) is 6.04 Å². The van der Waals surface area contributed by atoms with E-state index in [1.165, 1.54) is 16.3 Å². The molecule has 0 bridgehead atoms. The zero-order chi connectivity index (χ0) is 19.9. The summed E-state index contributed by atoms with van der Waals surface area (Å²) in [6, 6.07) is 15.0. The van der Waals surface area contributed by atoms with Crippen molar-refractivity contribution in [3.8, 4) is 0 Å². The van der Waals surface area contributed by atoms with Crippen LogP contribution in [0.25, 0.3) is 10.8 Å². The van der Waals surface area contributed by atoms with Crippen LogP contribution in [0.2, 0.25) is 0 Å². The first-order valence-corrected chi connectivity index (χ1v) is 9.46.